The van der Waals surface area contributed by atoms with Crippen LogP contribution >= 0.6 is 0 Å². The smallest absolute Gasteiger partial charge is 0.340 e. The van der Waals surface area contributed by atoms with Gasteiger partial charge in [-0.3, -0.25) is 0 Å². The highest BCUT2D eigenvalue weighted by molar-refractivity contribution is 6.00. The molecule has 7 nitrogen and oxygen atoms in total. The van der Waals surface area contributed by atoms with Crippen LogP contribution in [0.1, 0.15) is 22.3 Å². The van der Waals surface area contributed by atoms with Crippen molar-refractivity contribution in [1.29, 1.82) is 0 Å². The average Bonchev–Trinajstić information content (AvgIpc) is 2.86. The SMILES string of the molecule is Cc1cnc2nc1Nc1ccc(NC(=O)Nc3cccc(C(F)(F)F)c3)c(c1)CCc1cccc(c1)N2. The number of urea groups is 1. The van der Waals surface area contributed by atoms with E-state index in [4.69, 9.17) is 0 Å². The van der Waals surface area contributed by atoms with Crippen molar-refractivity contribution in [1.82, 2.24) is 9.97 Å². The molecule has 5 rings (SSSR count). The number of carbonyl (C=O) groups is 1. The normalized spacial score (nSPS) is 12.6. The molecular weight excluding hydrogens is 481 g/mol. The van der Waals surface area contributed by atoms with Crippen LogP contribution in [-0.2, 0) is 19.0 Å². The van der Waals surface area contributed by atoms with Gasteiger partial charge in [-0.15, -0.1) is 0 Å². The molecule has 1 aliphatic heterocycles. The Balaban J connectivity index is 1.43. The first kappa shape index (κ1) is 24.1. The van der Waals surface area contributed by atoms with Crippen molar-refractivity contribution in [3.8, 4) is 0 Å². The Bertz CT molecular complexity index is 1470. The molecule has 0 atom stereocenters. The Labute approximate surface area is 211 Å². The number of aromatic nitrogens is 2. The molecule has 0 saturated carbocycles. The molecule has 2 heterocycles. The summed E-state index contributed by atoms with van der Waals surface area (Å²) in [5.41, 5.74) is 4.19. The quantitative estimate of drug-likeness (QED) is 0.235. The van der Waals surface area contributed by atoms with Crippen LogP contribution in [0.5, 0.6) is 0 Å². The van der Waals surface area contributed by atoms with E-state index in [9.17, 15) is 18.0 Å². The lowest BCUT2D eigenvalue weighted by atomic mass is 10.0. The number of nitrogens with one attached hydrogen (secondary N) is 4. The summed E-state index contributed by atoms with van der Waals surface area (Å²) in [7, 11) is 0. The van der Waals surface area contributed by atoms with Gasteiger partial charge < -0.3 is 21.3 Å². The number of fused-ring (bicyclic) bond motifs is 6. The second kappa shape index (κ2) is 9.81. The molecule has 0 radical (unpaired) electrons. The third-order valence-corrected chi connectivity index (χ3v) is 5.90. The molecule has 6 bridgehead atoms. The van der Waals surface area contributed by atoms with Crippen molar-refractivity contribution >= 4 is 40.5 Å². The molecule has 4 N–H and O–H groups in total. The van der Waals surface area contributed by atoms with Crippen molar-refractivity contribution in [2.45, 2.75) is 25.9 Å². The highest BCUT2D eigenvalue weighted by atomic mass is 19.4. The zero-order chi connectivity index (χ0) is 26.0. The van der Waals surface area contributed by atoms with E-state index in [-0.39, 0.29) is 5.69 Å². The standard InChI is InChI=1S/C27H23F3N6O/c1-16-15-31-25-33-20-6-2-4-17(12-20)8-9-18-13-22(32-24(16)36-25)10-11-23(18)35-26(37)34-21-7-3-5-19(14-21)27(28,29)30/h2-7,10-15H,8-9H2,1H3,(H2,34,35,37)(H2,31,32,33,36). The fraction of sp³-hybridized carbons (Fsp3) is 0.148. The highest BCUT2D eigenvalue weighted by Gasteiger charge is 2.30. The Kier molecular flexibility index (Phi) is 6.39. The summed E-state index contributed by atoms with van der Waals surface area (Å²) in [6.45, 7) is 1.90. The van der Waals surface area contributed by atoms with Gasteiger partial charge in [0.2, 0.25) is 5.95 Å². The zero-order valence-electron chi connectivity index (χ0n) is 19.8. The molecule has 1 aliphatic rings. The lowest BCUT2D eigenvalue weighted by Gasteiger charge is -2.16. The van der Waals surface area contributed by atoms with Crippen molar-refractivity contribution < 1.29 is 18.0 Å². The number of carbonyl (C=O) groups excluding carboxylic acids is 1. The maximum atomic E-state index is 13.0. The fourth-order valence-corrected chi connectivity index (χ4v) is 4.04. The first-order valence-electron chi connectivity index (χ1n) is 11.6. The van der Waals surface area contributed by atoms with Crippen molar-refractivity contribution in [3.63, 3.8) is 0 Å². The molecule has 0 saturated heterocycles. The number of benzene rings is 3. The summed E-state index contributed by atoms with van der Waals surface area (Å²) >= 11 is 0. The molecule has 188 valence electrons. The summed E-state index contributed by atoms with van der Waals surface area (Å²) < 4.78 is 39.1. The molecular formula is C27H23F3N6O. The van der Waals surface area contributed by atoms with E-state index in [1.165, 1.54) is 12.1 Å². The summed E-state index contributed by atoms with van der Waals surface area (Å²) in [6.07, 6.45) is -1.46. The molecule has 0 aliphatic carbocycles. The number of hydrogen-bond acceptors (Lipinski definition) is 5. The molecule has 10 heteroatoms. The topological polar surface area (TPSA) is 91.0 Å². The maximum absolute atomic E-state index is 13.0. The Hall–Kier alpha value is -4.60. The summed E-state index contributed by atoms with van der Waals surface area (Å²) in [4.78, 5) is 21.7. The van der Waals surface area contributed by atoms with E-state index in [1.807, 2.05) is 37.3 Å². The molecule has 4 aromatic rings. The molecule has 0 spiro atoms. The molecule has 1 aromatic heterocycles. The highest BCUT2D eigenvalue weighted by Crippen LogP contribution is 2.31. The number of amides is 2. The van der Waals surface area contributed by atoms with Crippen LogP contribution in [0.25, 0.3) is 0 Å². The molecule has 2 amide bonds. The van der Waals surface area contributed by atoms with E-state index >= 15 is 0 Å². The van der Waals surface area contributed by atoms with Gasteiger partial charge in [0.1, 0.15) is 5.82 Å². The van der Waals surface area contributed by atoms with E-state index in [0.717, 1.165) is 40.2 Å². The van der Waals surface area contributed by atoms with Crippen LogP contribution in [0.2, 0.25) is 0 Å². The van der Waals surface area contributed by atoms with Crippen LogP contribution in [0, 0.1) is 6.92 Å². The van der Waals surface area contributed by atoms with Gasteiger partial charge in [0.25, 0.3) is 0 Å². The van der Waals surface area contributed by atoms with E-state index < -0.39 is 17.8 Å². The van der Waals surface area contributed by atoms with Crippen LogP contribution < -0.4 is 21.3 Å². The minimum absolute atomic E-state index is 0.0462. The van der Waals surface area contributed by atoms with E-state index in [1.54, 1.807) is 18.3 Å². The fourth-order valence-electron chi connectivity index (χ4n) is 4.04. The van der Waals surface area contributed by atoms with Crippen molar-refractivity contribution in [3.05, 3.63) is 95.2 Å². The summed E-state index contributed by atoms with van der Waals surface area (Å²) in [6, 6.07) is 17.3. The van der Waals surface area contributed by atoms with Crippen molar-refractivity contribution in [2.24, 2.45) is 0 Å². The Morgan fingerprint density at radius 1 is 0.919 bits per heavy atom. The zero-order valence-corrected chi connectivity index (χ0v) is 19.8. The third kappa shape index (κ3) is 5.80. The number of hydrogen-bond donors (Lipinski definition) is 4. The largest absolute Gasteiger partial charge is 0.416 e. The van der Waals surface area contributed by atoms with Gasteiger partial charge in [-0.05, 0) is 79.4 Å². The van der Waals surface area contributed by atoms with Crippen LogP contribution in [0.3, 0.4) is 0 Å². The van der Waals surface area contributed by atoms with Crippen LogP contribution in [0.15, 0.2) is 72.9 Å². The van der Waals surface area contributed by atoms with Crippen molar-refractivity contribution in [2.75, 3.05) is 21.3 Å². The molecule has 3 aromatic carbocycles. The second-order valence-corrected chi connectivity index (χ2v) is 8.71. The Morgan fingerprint density at radius 2 is 1.73 bits per heavy atom. The van der Waals surface area contributed by atoms with E-state index in [0.29, 0.717) is 30.3 Å². The third-order valence-electron chi connectivity index (χ3n) is 5.90. The number of aryl methyl sites for hydroxylation is 3. The lowest BCUT2D eigenvalue weighted by molar-refractivity contribution is -0.137. The number of rotatable bonds is 2. The number of halogens is 3. The minimum Gasteiger partial charge on any atom is -0.340 e. The minimum atomic E-state index is -4.50. The number of nitrogens with zero attached hydrogens (tertiary/aromatic N) is 2. The first-order chi connectivity index (χ1) is 17.7. The Morgan fingerprint density at radius 3 is 2.57 bits per heavy atom. The monoisotopic (exact) mass is 504 g/mol. The predicted molar refractivity (Wildman–Crippen MR) is 138 cm³/mol. The molecule has 37 heavy (non-hydrogen) atoms. The first-order valence-corrected chi connectivity index (χ1v) is 11.6. The number of anilines is 6. The van der Waals surface area contributed by atoms with Gasteiger partial charge in [-0.2, -0.15) is 18.2 Å². The van der Waals surface area contributed by atoms with Gasteiger partial charge in [-0.1, -0.05) is 18.2 Å². The molecule has 0 unspecified atom stereocenters. The number of alkyl halides is 3. The van der Waals surface area contributed by atoms with Crippen LogP contribution in [0.4, 0.5) is 52.5 Å². The molecule has 0 fully saturated rings. The van der Waals surface area contributed by atoms with Gasteiger partial charge >= 0.3 is 12.2 Å². The second-order valence-electron chi connectivity index (χ2n) is 8.71. The predicted octanol–water partition coefficient (Wildman–Crippen LogP) is 7.03. The average molecular weight is 505 g/mol. The lowest BCUT2D eigenvalue weighted by Crippen LogP contribution is -2.21. The van der Waals surface area contributed by atoms with Gasteiger partial charge in [-0.25, -0.2) is 9.78 Å². The van der Waals surface area contributed by atoms with Gasteiger partial charge in [0.05, 0.1) is 5.56 Å². The summed E-state index contributed by atoms with van der Waals surface area (Å²) in [5, 5.41) is 11.8. The van der Waals surface area contributed by atoms with Gasteiger partial charge in [0.15, 0.2) is 0 Å². The van der Waals surface area contributed by atoms with Crippen LogP contribution in [-0.4, -0.2) is 16.0 Å². The maximum Gasteiger partial charge on any atom is 0.416 e. The van der Waals surface area contributed by atoms with E-state index in [2.05, 4.69) is 31.2 Å². The van der Waals surface area contributed by atoms with Gasteiger partial charge in [0, 0.05) is 34.5 Å². The summed E-state index contributed by atoms with van der Waals surface area (Å²) in [5.74, 6) is 1.11.